The van der Waals surface area contributed by atoms with Gasteiger partial charge >= 0.3 is 0 Å². The quantitative estimate of drug-likeness (QED) is 0.464. The van der Waals surface area contributed by atoms with Gasteiger partial charge < -0.3 is 4.18 Å². The molecule has 2 nitrogen and oxygen atoms in total. The van der Waals surface area contributed by atoms with E-state index in [2.05, 4.69) is 47.1 Å². The molecule has 30 heavy (non-hydrogen) atoms. The molecule has 0 aromatic rings. The molecule has 0 heterocycles. The van der Waals surface area contributed by atoms with Crippen LogP contribution in [0.2, 0.25) is 0 Å². The Balaban J connectivity index is 1.43. The van der Waals surface area contributed by atoms with Crippen molar-refractivity contribution in [2.24, 2.45) is 46.8 Å². The molecule has 4 rings (SSSR count). The topological polar surface area (TPSA) is 26.3 Å². The van der Waals surface area contributed by atoms with Crippen LogP contribution in [0.4, 0.5) is 0 Å². The normalized spacial score (nSPS) is 43.5. The van der Waals surface area contributed by atoms with E-state index in [1.54, 1.807) is 0 Å². The fraction of sp³-hybridized carbons (Fsp3) is 0.963. The Kier molecular flexibility index (Phi) is 6.24. The van der Waals surface area contributed by atoms with Crippen LogP contribution >= 0.6 is 10.3 Å². The second-order valence-electron chi connectivity index (χ2n) is 13.1. The molecule has 0 amide bonds. The minimum atomic E-state index is -1.04. The zero-order chi connectivity index (χ0) is 21.9. The number of fused-ring (bicyclic) bond motifs is 5. The van der Waals surface area contributed by atoms with Gasteiger partial charge in [-0.15, -0.1) is 10.3 Å². The lowest BCUT2D eigenvalue weighted by molar-refractivity contribution is -0.127. The van der Waals surface area contributed by atoms with Crippen molar-refractivity contribution in [1.82, 2.24) is 0 Å². The maximum absolute atomic E-state index is 12.0. The second kappa shape index (κ2) is 8.08. The average Bonchev–Trinajstić information content (AvgIpc) is 3.02. The zero-order valence-corrected chi connectivity index (χ0v) is 21.7. The van der Waals surface area contributed by atoms with Gasteiger partial charge in [0, 0.05) is 17.6 Å². The lowest BCUT2D eigenvalue weighted by Gasteiger charge is -2.56. The lowest BCUT2D eigenvalue weighted by Crippen LogP contribution is -2.49. The van der Waals surface area contributed by atoms with Crippen LogP contribution in [0.15, 0.2) is 0 Å². The summed E-state index contributed by atoms with van der Waals surface area (Å²) in [5.74, 6) is 6.40. The van der Waals surface area contributed by atoms with Crippen molar-refractivity contribution >= 4 is 16.1 Å². The Hall–Kier alpha value is -0.0200. The Morgan fingerprint density at radius 2 is 1.77 bits per heavy atom. The fourth-order valence-electron chi connectivity index (χ4n) is 8.20. The summed E-state index contributed by atoms with van der Waals surface area (Å²) in [7, 11) is -1.04. The van der Waals surface area contributed by atoms with Gasteiger partial charge in [0.05, 0.1) is 6.61 Å². The first-order chi connectivity index (χ1) is 13.9. The summed E-state index contributed by atoms with van der Waals surface area (Å²) in [5, 5.41) is 0. The first-order valence-corrected chi connectivity index (χ1v) is 15.2. The number of hydrogen-bond donors (Lipinski definition) is 0. The average molecular weight is 437 g/mol. The van der Waals surface area contributed by atoms with E-state index in [9.17, 15) is 4.79 Å². The van der Waals surface area contributed by atoms with Gasteiger partial charge in [-0.2, -0.15) is 0 Å². The van der Waals surface area contributed by atoms with Gasteiger partial charge in [0.15, 0.2) is 0 Å². The summed E-state index contributed by atoms with van der Waals surface area (Å²) in [5.41, 5.74) is 0.516. The van der Waals surface area contributed by atoms with Crippen LogP contribution in [0, 0.1) is 46.8 Å². The van der Waals surface area contributed by atoms with Crippen molar-refractivity contribution in [3.8, 4) is 0 Å². The Morgan fingerprint density at radius 3 is 2.47 bits per heavy atom. The van der Waals surface area contributed by atoms with Crippen molar-refractivity contribution in [2.75, 3.05) is 19.1 Å². The molecule has 0 N–H and O–H groups in total. The van der Waals surface area contributed by atoms with Gasteiger partial charge in [-0.3, -0.25) is 4.79 Å². The van der Waals surface area contributed by atoms with Gasteiger partial charge in [-0.25, -0.2) is 0 Å². The van der Waals surface area contributed by atoms with Gasteiger partial charge in [0.2, 0.25) is 0 Å². The molecule has 174 valence electrons. The molecule has 7 unspecified atom stereocenters. The Morgan fingerprint density at radius 1 is 1.03 bits per heavy atom. The standard InChI is InChI=1S/C27H48O2S/c1-18(17-29-30(6,7)26(2,3)4)24-12-13-25-23-10-8-19-16-20(28)9-11-21(19)22(23)14-15-27(24,25)5/h18-19,21-25H,8-17H2,1-7H3/t18-,19?,21?,22?,23?,24?,25?,27?/m1/s1. The number of rotatable bonds is 4. The number of carbonyl (C=O) groups excluding carboxylic acids is 1. The van der Waals surface area contributed by atoms with Crippen LogP contribution in [0.5, 0.6) is 0 Å². The van der Waals surface area contributed by atoms with E-state index in [4.69, 9.17) is 4.18 Å². The van der Waals surface area contributed by atoms with E-state index in [0.29, 0.717) is 17.1 Å². The number of hydrogen-bond acceptors (Lipinski definition) is 2. The molecule has 4 aliphatic rings. The van der Waals surface area contributed by atoms with Crippen molar-refractivity contribution in [2.45, 2.75) is 97.2 Å². The molecule has 8 atom stereocenters. The third-order valence-electron chi connectivity index (χ3n) is 10.6. The first-order valence-electron chi connectivity index (χ1n) is 12.8. The molecular formula is C27H48O2S. The summed E-state index contributed by atoms with van der Waals surface area (Å²) in [6, 6.07) is 0. The highest BCUT2D eigenvalue weighted by molar-refractivity contribution is 8.29. The van der Waals surface area contributed by atoms with Crippen molar-refractivity contribution in [1.29, 1.82) is 0 Å². The monoisotopic (exact) mass is 436 g/mol. The fourth-order valence-corrected chi connectivity index (χ4v) is 9.11. The van der Waals surface area contributed by atoms with Crippen LogP contribution in [0.3, 0.4) is 0 Å². The maximum Gasteiger partial charge on any atom is 0.133 e. The van der Waals surface area contributed by atoms with Gasteiger partial charge in [0.1, 0.15) is 5.78 Å². The molecular weight excluding hydrogens is 388 g/mol. The third-order valence-corrected chi connectivity index (χ3v) is 14.3. The summed E-state index contributed by atoms with van der Waals surface area (Å²) < 4.78 is 6.87. The van der Waals surface area contributed by atoms with Crippen LogP contribution in [0.25, 0.3) is 0 Å². The van der Waals surface area contributed by atoms with Crippen molar-refractivity contribution in [3.05, 3.63) is 0 Å². The zero-order valence-electron chi connectivity index (χ0n) is 20.8. The molecule has 0 radical (unpaired) electrons. The first kappa shape index (κ1) is 23.1. The van der Waals surface area contributed by atoms with Gasteiger partial charge in [0.25, 0.3) is 0 Å². The van der Waals surface area contributed by atoms with Crippen LogP contribution in [-0.2, 0) is 8.98 Å². The smallest absolute Gasteiger partial charge is 0.133 e. The van der Waals surface area contributed by atoms with Crippen LogP contribution < -0.4 is 0 Å². The Labute approximate surface area is 188 Å². The SMILES string of the molecule is C[C@H](COS(C)(C)C(C)(C)C)C1CCC2C3CCC4CC(=O)CCC4C3CCC21C. The molecule has 0 spiro atoms. The minimum absolute atomic E-state index is 0.243. The highest BCUT2D eigenvalue weighted by Gasteiger charge is 2.57. The summed E-state index contributed by atoms with van der Waals surface area (Å²) in [6.07, 6.45) is 16.1. The van der Waals surface area contributed by atoms with E-state index >= 15 is 0 Å². The lowest BCUT2D eigenvalue weighted by atomic mass is 9.49. The highest BCUT2D eigenvalue weighted by Crippen LogP contribution is 2.65. The van der Waals surface area contributed by atoms with Gasteiger partial charge in [-0.1, -0.05) is 34.6 Å². The largest absolute Gasteiger partial charge is 0.336 e. The highest BCUT2D eigenvalue weighted by atomic mass is 32.3. The predicted octanol–water partition coefficient (Wildman–Crippen LogP) is 7.25. The van der Waals surface area contributed by atoms with E-state index in [0.717, 1.165) is 55.0 Å². The van der Waals surface area contributed by atoms with Crippen LogP contribution in [0.1, 0.15) is 92.4 Å². The Bertz CT molecular complexity index is 650. The summed E-state index contributed by atoms with van der Waals surface area (Å²) in [4.78, 5) is 12.0. The van der Waals surface area contributed by atoms with Crippen molar-refractivity contribution in [3.63, 3.8) is 0 Å². The number of carbonyl (C=O) groups is 1. The molecule has 3 heteroatoms. The summed E-state index contributed by atoms with van der Waals surface area (Å²) >= 11 is 0. The van der Waals surface area contributed by atoms with Gasteiger partial charge in [-0.05, 0) is 104 Å². The number of Topliss-reactive ketones (excluding diaryl/α,β-unsaturated/α-hetero) is 1. The van der Waals surface area contributed by atoms with E-state index in [1.165, 1.54) is 44.9 Å². The minimum Gasteiger partial charge on any atom is -0.336 e. The predicted molar refractivity (Wildman–Crippen MR) is 130 cm³/mol. The molecule has 0 bridgehead atoms. The maximum atomic E-state index is 12.0. The molecule has 4 saturated carbocycles. The van der Waals surface area contributed by atoms with E-state index < -0.39 is 10.3 Å². The molecule has 0 aromatic heterocycles. The molecule has 4 fully saturated rings. The molecule has 0 saturated heterocycles. The molecule has 4 aliphatic carbocycles. The second-order valence-corrected chi connectivity index (χ2v) is 17.0. The van der Waals surface area contributed by atoms with E-state index in [1.807, 2.05) is 0 Å². The summed E-state index contributed by atoms with van der Waals surface area (Å²) in [6.45, 7) is 13.1. The van der Waals surface area contributed by atoms with E-state index in [-0.39, 0.29) is 4.75 Å². The molecule has 0 aromatic carbocycles. The number of ketones is 1. The van der Waals surface area contributed by atoms with Crippen LogP contribution in [-0.4, -0.2) is 29.6 Å². The molecule has 0 aliphatic heterocycles. The van der Waals surface area contributed by atoms with Crippen molar-refractivity contribution < 1.29 is 8.98 Å². The third kappa shape index (κ3) is 3.93.